The summed E-state index contributed by atoms with van der Waals surface area (Å²) in [5.74, 6) is 0.961. The second-order valence-corrected chi connectivity index (χ2v) is 5.97. The fraction of sp³-hybridized carbons (Fsp3) is 0.222. The Labute approximate surface area is 153 Å². The number of benzene rings is 2. The van der Waals surface area contributed by atoms with Crippen molar-refractivity contribution in [1.82, 2.24) is 5.32 Å². The Bertz CT molecular complexity index is 698. The molecule has 0 saturated heterocycles. The van der Waals surface area contributed by atoms with E-state index in [2.05, 4.69) is 65.3 Å². The molecule has 1 aromatic heterocycles. The van der Waals surface area contributed by atoms with Gasteiger partial charge in [0.1, 0.15) is 11.9 Å². The van der Waals surface area contributed by atoms with Crippen molar-refractivity contribution in [3.8, 4) is 5.75 Å². The van der Waals surface area contributed by atoms with Crippen molar-refractivity contribution in [2.45, 2.75) is 12.5 Å². The fourth-order valence-corrected chi connectivity index (χ4v) is 3.25. The lowest BCUT2D eigenvalue weighted by Crippen LogP contribution is -2.15. The molecule has 0 radical (unpaired) electrons. The van der Waals surface area contributed by atoms with Gasteiger partial charge in [0.15, 0.2) is 0 Å². The molecule has 1 N–H and O–H groups in total. The number of fused-ring (bicyclic) bond motifs is 1. The Balaban J connectivity index is 0.00000132. The second kappa shape index (κ2) is 9.78. The molecule has 3 rings (SSSR count). The van der Waals surface area contributed by atoms with Crippen molar-refractivity contribution in [3.05, 3.63) is 64.9 Å². The summed E-state index contributed by atoms with van der Waals surface area (Å²) in [6, 6.07) is 18.8. The molecular formula is C18H21Cl2NOS. The number of nitrogens with one attached hydrogen (secondary N) is 1. The first-order chi connectivity index (χ1) is 10.4. The van der Waals surface area contributed by atoms with E-state index in [1.165, 1.54) is 15.6 Å². The summed E-state index contributed by atoms with van der Waals surface area (Å²) in [6.45, 7) is 0.938. The number of rotatable bonds is 6. The second-order valence-electron chi connectivity index (χ2n) is 4.99. The van der Waals surface area contributed by atoms with Gasteiger partial charge in [-0.25, -0.2) is 0 Å². The molecule has 23 heavy (non-hydrogen) atoms. The Morgan fingerprint density at radius 2 is 1.78 bits per heavy atom. The third kappa shape index (κ3) is 4.85. The Kier molecular flexibility index (Phi) is 8.42. The molecule has 0 aliphatic heterocycles. The zero-order valence-corrected chi connectivity index (χ0v) is 15.3. The van der Waals surface area contributed by atoms with Crippen LogP contribution in [0.3, 0.4) is 0 Å². The molecule has 0 fully saturated rings. The van der Waals surface area contributed by atoms with Gasteiger partial charge in [0.2, 0.25) is 0 Å². The number of ether oxygens (including phenoxy) is 1. The maximum atomic E-state index is 6.34. The number of halogens is 2. The van der Waals surface area contributed by atoms with Gasteiger partial charge in [0.25, 0.3) is 0 Å². The zero-order chi connectivity index (χ0) is 14.5. The van der Waals surface area contributed by atoms with Gasteiger partial charge < -0.3 is 10.1 Å². The van der Waals surface area contributed by atoms with Crippen LogP contribution >= 0.6 is 36.2 Å². The van der Waals surface area contributed by atoms with Crippen LogP contribution in [0, 0.1) is 0 Å². The van der Waals surface area contributed by atoms with Crippen molar-refractivity contribution in [3.63, 3.8) is 0 Å². The summed E-state index contributed by atoms with van der Waals surface area (Å²) in [5, 5.41) is 7.70. The molecule has 1 atom stereocenters. The summed E-state index contributed by atoms with van der Waals surface area (Å²) in [4.78, 5) is 1.28. The van der Waals surface area contributed by atoms with Crippen molar-refractivity contribution in [2.24, 2.45) is 0 Å². The van der Waals surface area contributed by atoms with E-state index in [-0.39, 0.29) is 30.9 Å². The van der Waals surface area contributed by atoms with Crippen LogP contribution in [0.25, 0.3) is 10.8 Å². The largest absolute Gasteiger partial charge is 0.484 e. The standard InChI is InChI=1S/C18H19NOS.2ClH/c1-19-12-11-17(18-10-5-13-21-18)20-16-9-4-7-14-6-2-3-8-15(14)16;;/h2-10,13,17,19H,11-12H2,1H3;2*1H/t17-;;/m0../s1. The summed E-state index contributed by atoms with van der Waals surface area (Å²) >= 11 is 1.75. The first-order valence-corrected chi connectivity index (χ1v) is 8.09. The molecule has 3 aromatic rings. The van der Waals surface area contributed by atoms with Gasteiger partial charge in [0, 0.05) is 16.7 Å². The first kappa shape index (κ1) is 19.8. The van der Waals surface area contributed by atoms with Gasteiger partial charge >= 0.3 is 0 Å². The van der Waals surface area contributed by atoms with Crippen molar-refractivity contribution in [1.29, 1.82) is 0 Å². The summed E-state index contributed by atoms with van der Waals surface area (Å²) < 4.78 is 6.34. The van der Waals surface area contributed by atoms with Crippen LogP contribution < -0.4 is 10.1 Å². The number of thiophene rings is 1. The maximum absolute atomic E-state index is 6.34. The SMILES string of the molecule is CNCC[C@H](Oc1cccc2ccccc12)c1cccs1.Cl.Cl. The van der Waals surface area contributed by atoms with Crippen LogP contribution in [0.1, 0.15) is 17.4 Å². The minimum Gasteiger partial charge on any atom is -0.484 e. The normalized spacial score (nSPS) is 11.3. The van der Waals surface area contributed by atoms with Crippen molar-refractivity contribution in [2.75, 3.05) is 13.6 Å². The summed E-state index contributed by atoms with van der Waals surface area (Å²) in [6.07, 6.45) is 1.06. The van der Waals surface area contributed by atoms with E-state index in [1.54, 1.807) is 11.3 Å². The highest BCUT2D eigenvalue weighted by Crippen LogP contribution is 2.32. The molecule has 0 unspecified atom stereocenters. The van der Waals surface area contributed by atoms with E-state index in [1.807, 2.05) is 7.05 Å². The predicted molar refractivity (Wildman–Crippen MR) is 105 cm³/mol. The molecule has 1 heterocycles. The lowest BCUT2D eigenvalue weighted by atomic mass is 10.1. The van der Waals surface area contributed by atoms with E-state index in [4.69, 9.17) is 4.74 Å². The first-order valence-electron chi connectivity index (χ1n) is 7.21. The van der Waals surface area contributed by atoms with E-state index >= 15 is 0 Å². The van der Waals surface area contributed by atoms with Gasteiger partial charge in [-0.1, -0.05) is 42.5 Å². The molecule has 0 amide bonds. The van der Waals surface area contributed by atoms with Crippen molar-refractivity contribution < 1.29 is 4.74 Å². The molecule has 0 saturated carbocycles. The minimum atomic E-state index is 0. The van der Waals surface area contributed by atoms with E-state index in [0.717, 1.165) is 18.7 Å². The van der Waals surface area contributed by atoms with Gasteiger partial charge in [-0.15, -0.1) is 36.2 Å². The van der Waals surface area contributed by atoms with E-state index < -0.39 is 0 Å². The van der Waals surface area contributed by atoms with Gasteiger partial charge in [0.05, 0.1) is 0 Å². The highest BCUT2D eigenvalue weighted by atomic mass is 35.5. The topological polar surface area (TPSA) is 21.3 Å². The van der Waals surface area contributed by atoms with Crippen molar-refractivity contribution >= 4 is 46.9 Å². The maximum Gasteiger partial charge on any atom is 0.134 e. The molecule has 2 nitrogen and oxygen atoms in total. The van der Waals surface area contributed by atoms with Crippen LogP contribution in [-0.4, -0.2) is 13.6 Å². The van der Waals surface area contributed by atoms with Crippen LogP contribution in [0.15, 0.2) is 60.0 Å². The highest BCUT2D eigenvalue weighted by Gasteiger charge is 2.15. The minimum absolute atomic E-state index is 0. The van der Waals surface area contributed by atoms with Crippen LogP contribution in [0.5, 0.6) is 5.75 Å². The monoisotopic (exact) mass is 369 g/mol. The third-order valence-corrected chi connectivity index (χ3v) is 4.50. The van der Waals surface area contributed by atoms with Crippen LogP contribution in [-0.2, 0) is 0 Å². The summed E-state index contributed by atoms with van der Waals surface area (Å²) in [7, 11) is 1.98. The zero-order valence-electron chi connectivity index (χ0n) is 12.9. The molecule has 0 aliphatic rings. The average Bonchev–Trinajstić information content (AvgIpc) is 3.06. The quantitative estimate of drug-likeness (QED) is 0.621. The summed E-state index contributed by atoms with van der Waals surface area (Å²) in [5.41, 5.74) is 0. The lowest BCUT2D eigenvalue weighted by Gasteiger charge is -2.19. The Hall–Kier alpha value is -1.26. The predicted octanol–water partition coefficient (Wildman–Crippen LogP) is 5.47. The van der Waals surface area contributed by atoms with Crippen LogP contribution in [0.4, 0.5) is 0 Å². The van der Waals surface area contributed by atoms with Gasteiger partial charge in [-0.05, 0) is 36.5 Å². The van der Waals surface area contributed by atoms with Gasteiger partial charge in [-0.2, -0.15) is 0 Å². The Morgan fingerprint density at radius 1 is 1.00 bits per heavy atom. The van der Waals surface area contributed by atoms with E-state index in [9.17, 15) is 0 Å². The smallest absolute Gasteiger partial charge is 0.134 e. The molecule has 2 aromatic carbocycles. The number of hydrogen-bond acceptors (Lipinski definition) is 3. The molecular weight excluding hydrogens is 349 g/mol. The van der Waals surface area contributed by atoms with Gasteiger partial charge in [-0.3, -0.25) is 0 Å². The third-order valence-electron chi connectivity index (χ3n) is 3.54. The van der Waals surface area contributed by atoms with Crippen LogP contribution in [0.2, 0.25) is 0 Å². The average molecular weight is 370 g/mol. The fourth-order valence-electron chi connectivity index (χ4n) is 2.46. The Morgan fingerprint density at radius 3 is 2.52 bits per heavy atom. The highest BCUT2D eigenvalue weighted by molar-refractivity contribution is 7.10. The molecule has 0 spiro atoms. The molecule has 124 valence electrons. The lowest BCUT2D eigenvalue weighted by molar-refractivity contribution is 0.201. The van der Waals surface area contributed by atoms with E-state index in [0.29, 0.717) is 0 Å². The molecule has 5 heteroatoms. The molecule has 0 bridgehead atoms. The number of hydrogen-bond donors (Lipinski definition) is 1. The molecule has 0 aliphatic carbocycles.